The third kappa shape index (κ3) is 3.48. The number of carbonyl (C=O) groups is 1. The van der Waals surface area contributed by atoms with E-state index in [1.54, 1.807) is 12.1 Å². The highest BCUT2D eigenvalue weighted by atomic mass is 32.1. The summed E-state index contributed by atoms with van der Waals surface area (Å²) in [4.78, 5) is 17.1. The molecule has 3 nitrogen and oxygen atoms in total. The maximum Gasteiger partial charge on any atom is 0.257 e. The van der Waals surface area contributed by atoms with Crippen molar-refractivity contribution in [2.75, 3.05) is 5.32 Å². The molecule has 1 aromatic heterocycles. The molecular formula is C21H15FN2OS. The number of benzene rings is 3. The van der Waals surface area contributed by atoms with Crippen LogP contribution in [0.25, 0.3) is 10.2 Å². The van der Waals surface area contributed by atoms with E-state index in [0.717, 1.165) is 11.1 Å². The largest absolute Gasteiger partial charge is 0.298 e. The van der Waals surface area contributed by atoms with Crippen LogP contribution >= 0.6 is 11.3 Å². The average Bonchev–Trinajstić information content (AvgIpc) is 3.04. The van der Waals surface area contributed by atoms with Crippen molar-refractivity contribution < 1.29 is 9.18 Å². The summed E-state index contributed by atoms with van der Waals surface area (Å²) in [6.07, 6.45) is 0.676. The van der Waals surface area contributed by atoms with E-state index in [1.807, 2.05) is 48.5 Å². The van der Waals surface area contributed by atoms with Gasteiger partial charge in [-0.25, -0.2) is 9.37 Å². The first-order valence-corrected chi connectivity index (χ1v) is 9.00. The molecule has 0 aliphatic carbocycles. The molecule has 4 aromatic rings. The number of hydrogen-bond acceptors (Lipinski definition) is 3. The molecular weight excluding hydrogens is 347 g/mol. The predicted octanol–water partition coefficient (Wildman–Crippen LogP) is 5.28. The quantitative estimate of drug-likeness (QED) is 0.537. The summed E-state index contributed by atoms with van der Waals surface area (Å²) in [5, 5.41) is 3.30. The van der Waals surface area contributed by atoms with E-state index in [4.69, 9.17) is 0 Å². The van der Waals surface area contributed by atoms with Crippen molar-refractivity contribution in [1.82, 2.24) is 4.98 Å². The van der Waals surface area contributed by atoms with Gasteiger partial charge in [0.25, 0.3) is 5.91 Å². The van der Waals surface area contributed by atoms with E-state index in [9.17, 15) is 9.18 Å². The highest BCUT2D eigenvalue weighted by Gasteiger charge is 2.14. The Bertz CT molecular complexity index is 1080. The summed E-state index contributed by atoms with van der Waals surface area (Å²) in [6, 6.07) is 21.9. The molecule has 3 aromatic carbocycles. The number of thiazole rings is 1. The summed E-state index contributed by atoms with van der Waals surface area (Å²) in [5.74, 6) is -0.525. The second kappa shape index (κ2) is 7.06. The number of rotatable bonds is 4. The molecule has 0 unspecified atom stereocenters. The first-order valence-electron chi connectivity index (χ1n) is 8.18. The van der Waals surface area contributed by atoms with E-state index < -0.39 is 0 Å². The van der Waals surface area contributed by atoms with Crippen molar-refractivity contribution in [1.29, 1.82) is 0 Å². The van der Waals surface area contributed by atoms with Crippen LogP contribution < -0.4 is 5.32 Å². The van der Waals surface area contributed by atoms with Gasteiger partial charge in [-0.2, -0.15) is 0 Å². The zero-order valence-corrected chi connectivity index (χ0v) is 14.6. The Morgan fingerprint density at radius 3 is 2.62 bits per heavy atom. The summed E-state index contributed by atoms with van der Waals surface area (Å²) in [6.45, 7) is 0. The number of halogens is 1. The van der Waals surface area contributed by atoms with Gasteiger partial charge in [-0.1, -0.05) is 59.9 Å². The smallest absolute Gasteiger partial charge is 0.257 e. The van der Waals surface area contributed by atoms with Gasteiger partial charge in [0.1, 0.15) is 5.82 Å². The van der Waals surface area contributed by atoms with Gasteiger partial charge in [0.05, 0.1) is 10.2 Å². The van der Waals surface area contributed by atoms with Crippen LogP contribution in [0.5, 0.6) is 0 Å². The molecule has 1 N–H and O–H groups in total. The summed E-state index contributed by atoms with van der Waals surface area (Å²) >= 11 is 1.26. The maximum atomic E-state index is 13.3. The fraction of sp³-hybridized carbons (Fsp3) is 0.0476. The molecule has 128 valence electrons. The highest BCUT2D eigenvalue weighted by Crippen LogP contribution is 2.27. The number of nitrogens with one attached hydrogen (secondary N) is 1. The lowest BCUT2D eigenvalue weighted by molar-refractivity contribution is 0.102. The molecule has 0 spiro atoms. The van der Waals surface area contributed by atoms with E-state index in [1.165, 1.54) is 23.5 Å². The van der Waals surface area contributed by atoms with Crippen molar-refractivity contribution in [2.24, 2.45) is 0 Å². The number of fused-ring (bicyclic) bond motifs is 1. The number of hydrogen-bond donors (Lipinski definition) is 1. The zero-order valence-electron chi connectivity index (χ0n) is 13.8. The summed E-state index contributed by atoms with van der Waals surface area (Å²) in [7, 11) is 0. The van der Waals surface area contributed by atoms with Crippen molar-refractivity contribution >= 4 is 32.6 Å². The second-order valence-electron chi connectivity index (χ2n) is 5.90. The third-order valence-corrected chi connectivity index (χ3v) is 5.00. The Labute approximate surface area is 154 Å². The first-order chi connectivity index (χ1) is 12.7. The van der Waals surface area contributed by atoms with Crippen LogP contribution in [-0.2, 0) is 6.42 Å². The molecule has 4 rings (SSSR count). The van der Waals surface area contributed by atoms with Crippen LogP contribution in [0.3, 0.4) is 0 Å². The minimum atomic E-state index is -0.313. The summed E-state index contributed by atoms with van der Waals surface area (Å²) in [5.41, 5.74) is 3.37. The molecule has 0 aliphatic rings. The van der Waals surface area contributed by atoms with Crippen LogP contribution in [0, 0.1) is 5.82 Å². The molecule has 26 heavy (non-hydrogen) atoms. The lowest BCUT2D eigenvalue weighted by Gasteiger charge is -2.09. The minimum Gasteiger partial charge on any atom is -0.298 e. The monoisotopic (exact) mass is 362 g/mol. The van der Waals surface area contributed by atoms with Gasteiger partial charge in [-0.15, -0.1) is 0 Å². The molecule has 0 saturated heterocycles. The number of aromatic nitrogens is 1. The number of carbonyl (C=O) groups excluding carboxylic acids is 1. The van der Waals surface area contributed by atoms with Crippen LogP contribution in [0.15, 0.2) is 72.8 Å². The van der Waals surface area contributed by atoms with Gasteiger partial charge in [0, 0.05) is 5.56 Å². The highest BCUT2D eigenvalue weighted by molar-refractivity contribution is 7.22. The predicted molar refractivity (Wildman–Crippen MR) is 103 cm³/mol. The van der Waals surface area contributed by atoms with Crippen molar-refractivity contribution in [2.45, 2.75) is 6.42 Å². The van der Waals surface area contributed by atoms with Gasteiger partial charge in [-0.05, 0) is 41.8 Å². The standard InChI is InChI=1S/C21H15FN2OS/c22-16-10-11-18-19(13-16)26-21(23-18)24-20(25)17-9-5-4-8-15(17)12-14-6-2-1-3-7-14/h1-11,13H,12H2,(H,23,24,25). The molecule has 1 heterocycles. The molecule has 5 heteroatoms. The molecule has 0 atom stereocenters. The molecule has 0 aliphatic heterocycles. The van der Waals surface area contributed by atoms with Gasteiger partial charge >= 0.3 is 0 Å². The fourth-order valence-corrected chi connectivity index (χ4v) is 3.71. The number of nitrogens with zero attached hydrogens (tertiary/aromatic N) is 1. The SMILES string of the molecule is O=C(Nc1nc2ccc(F)cc2s1)c1ccccc1Cc1ccccc1. The van der Waals surface area contributed by atoms with E-state index in [-0.39, 0.29) is 11.7 Å². The van der Waals surface area contributed by atoms with Crippen LogP contribution in [-0.4, -0.2) is 10.9 Å². The molecule has 0 saturated carbocycles. The lowest BCUT2D eigenvalue weighted by atomic mass is 9.99. The average molecular weight is 362 g/mol. The van der Waals surface area contributed by atoms with Gasteiger partial charge in [-0.3, -0.25) is 10.1 Å². The van der Waals surface area contributed by atoms with Crippen molar-refractivity contribution in [3.63, 3.8) is 0 Å². The fourth-order valence-electron chi connectivity index (χ4n) is 2.83. The third-order valence-electron chi connectivity index (χ3n) is 4.07. The Kier molecular flexibility index (Phi) is 4.46. The van der Waals surface area contributed by atoms with Crippen LogP contribution in [0.2, 0.25) is 0 Å². The summed E-state index contributed by atoms with van der Waals surface area (Å²) < 4.78 is 14.0. The maximum absolute atomic E-state index is 13.3. The molecule has 1 amide bonds. The Hall–Kier alpha value is -3.05. The van der Waals surface area contributed by atoms with E-state index in [0.29, 0.717) is 27.3 Å². The number of amides is 1. The van der Waals surface area contributed by atoms with Crippen LogP contribution in [0.4, 0.5) is 9.52 Å². The molecule has 0 fully saturated rings. The van der Waals surface area contributed by atoms with Crippen molar-refractivity contribution in [3.8, 4) is 0 Å². The Morgan fingerprint density at radius 1 is 1.00 bits per heavy atom. The molecule has 0 bridgehead atoms. The topological polar surface area (TPSA) is 42.0 Å². The Balaban J connectivity index is 1.59. The van der Waals surface area contributed by atoms with Crippen LogP contribution in [0.1, 0.15) is 21.5 Å². The van der Waals surface area contributed by atoms with Gasteiger partial charge < -0.3 is 0 Å². The zero-order chi connectivity index (χ0) is 17.9. The number of anilines is 1. The van der Waals surface area contributed by atoms with Crippen molar-refractivity contribution in [3.05, 3.63) is 95.3 Å². The second-order valence-corrected chi connectivity index (χ2v) is 6.94. The first kappa shape index (κ1) is 16.4. The Morgan fingerprint density at radius 2 is 1.77 bits per heavy atom. The van der Waals surface area contributed by atoms with Gasteiger partial charge in [0.15, 0.2) is 5.13 Å². The lowest BCUT2D eigenvalue weighted by Crippen LogP contribution is -2.14. The molecule has 0 radical (unpaired) electrons. The normalized spacial score (nSPS) is 10.8. The van der Waals surface area contributed by atoms with E-state index >= 15 is 0 Å². The minimum absolute atomic E-state index is 0.212. The van der Waals surface area contributed by atoms with Gasteiger partial charge in [0.2, 0.25) is 0 Å². The van der Waals surface area contributed by atoms with E-state index in [2.05, 4.69) is 10.3 Å².